The van der Waals surface area contributed by atoms with Crippen LogP contribution in [0.15, 0.2) is 24.3 Å². The number of benzene rings is 1. The third kappa shape index (κ3) is 5.55. The maximum absolute atomic E-state index is 13.1. The van der Waals surface area contributed by atoms with Crippen LogP contribution in [-0.4, -0.2) is 47.4 Å². The molecule has 3 N–H and O–H groups in total. The molecule has 1 aromatic carbocycles. The maximum Gasteiger partial charge on any atom is 0.326 e. The minimum Gasteiger partial charge on any atom is -0.480 e. The predicted octanol–water partition coefficient (Wildman–Crippen LogP) is 1.54. The van der Waals surface area contributed by atoms with Gasteiger partial charge in [-0.05, 0) is 36.1 Å². The summed E-state index contributed by atoms with van der Waals surface area (Å²) < 4.78 is 13.1. The van der Waals surface area contributed by atoms with E-state index in [0.29, 0.717) is 5.69 Å². The maximum atomic E-state index is 13.1. The number of hydrogen-bond donors (Lipinski definition) is 3. The minimum absolute atomic E-state index is 0.0284. The largest absolute Gasteiger partial charge is 0.480 e. The molecule has 1 aromatic rings. The Morgan fingerprint density at radius 3 is 2.10 bits per heavy atom. The van der Waals surface area contributed by atoms with Gasteiger partial charge in [0.15, 0.2) is 0 Å². The number of nitrogens with one attached hydrogen (secondary N) is 2. The highest BCUT2D eigenvalue weighted by molar-refractivity contribution is 6.01. The monoisotopic (exact) mass is 421 g/mol. The lowest BCUT2D eigenvalue weighted by Crippen LogP contribution is -2.55. The van der Waals surface area contributed by atoms with Crippen molar-refractivity contribution in [3.05, 3.63) is 30.1 Å². The van der Waals surface area contributed by atoms with Gasteiger partial charge in [-0.25, -0.2) is 9.18 Å². The number of nitrogens with zero attached hydrogens (tertiary/aromatic N) is 1. The first-order chi connectivity index (χ1) is 14.0. The van der Waals surface area contributed by atoms with Gasteiger partial charge >= 0.3 is 5.97 Å². The van der Waals surface area contributed by atoms with Crippen LogP contribution in [-0.2, 0) is 19.2 Å². The quantitative estimate of drug-likeness (QED) is 0.589. The van der Waals surface area contributed by atoms with Gasteiger partial charge in [0.2, 0.25) is 17.7 Å². The Morgan fingerprint density at radius 2 is 1.60 bits per heavy atom. The highest BCUT2D eigenvalue weighted by Gasteiger charge is 2.37. The molecular weight excluding hydrogens is 393 g/mol. The Hall–Kier alpha value is -2.97. The highest BCUT2D eigenvalue weighted by Crippen LogP contribution is 2.25. The fourth-order valence-electron chi connectivity index (χ4n) is 3.32. The van der Waals surface area contributed by atoms with Crippen molar-refractivity contribution in [2.24, 2.45) is 17.8 Å². The van der Waals surface area contributed by atoms with E-state index in [0.717, 1.165) is 0 Å². The number of carboxylic acid groups (broad SMARTS) is 1. The molecule has 30 heavy (non-hydrogen) atoms. The van der Waals surface area contributed by atoms with Crippen molar-refractivity contribution >= 4 is 29.4 Å². The van der Waals surface area contributed by atoms with E-state index in [4.69, 9.17) is 0 Å². The summed E-state index contributed by atoms with van der Waals surface area (Å²) in [6, 6.07) is 3.41. The number of carbonyl (C=O) groups excluding carboxylic acids is 3. The van der Waals surface area contributed by atoms with Gasteiger partial charge in [0.05, 0.1) is 5.92 Å². The second-order valence-electron chi connectivity index (χ2n) is 8.18. The van der Waals surface area contributed by atoms with Gasteiger partial charge < -0.3 is 20.6 Å². The summed E-state index contributed by atoms with van der Waals surface area (Å²) in [7, 11) is 0. The van der Waals surface area contributed by atoms with Crippen LogP contribution in [0.1, 0.15) is 34.1 Å². The molecule has 0 saturated carbocycles. The molecule has 3 atom stereocenters. The van der Waals surface area contributed by atoms with E-state index >= 15 is 0 Å². The van der Waals surface area contributed by atoms with Crippen molar-refractivity contribution in [2.45, 2.75) is 46.2 Å². The Kier molecular flexibility index (Phi) is 7.53. The van der Waals surface area contributed by atoms with E-state index in [1.54, 1.807) is 27.7 Å². The molecule has 1 heterocycles. The van der Waals surface area contributed by atoms with Gasteiger partial charge in [0.25, 0.3) is 0 Å². The fraction of sp³-hybridized carbons (Fsp3) is 0.524. The number of halogens is 1. The zero-order valence-electron chi connectivity index (χ0n) is 17.5. The third-order valence-electron chi connectivity index (χ3n) is 5.11. The van der Waals surface area contributed by atoms with Gasteiger partial charge in [0.1, 0.15) is 17.9 Å². The van der Waals surface area contributed by atoms with Crippen LogP contribution in [0, 0.1) is 23.6 Å². The normalized spacial score (nSPS) is 18.4. The number of rotatable bonds is 8. The second-order valence-corrected chi connectivity index (χ2v) is 8.18. The number of amides is 3. The van der Waals surface area contributed by atoms with E-state index in [9.17, 15) is 28.7 Å². The molecule has 1 aliphatic rings. The van der Waals surface area contributed by atoms with Crippen LogP contribution < -0.4 is 15.5 Å². The second kappa shape index (κ2) is 9.69. The van der Waals surface area contributed by atoms with Crippen molar-refractivity contribution in [3.63, 3.8) is 0 Å². The first-order valence-electron chi connectivity index (χ1n) is 9.90. The molecule has 164 valence electrons. The van der Waals surface area contributed by atoms with E-state index in [-0.39, 0.29) is 30.7 Å². The predicted molar refractivity (Wildman–Crippen MR) is 108 cm³/mol. The van der Waals surface area contributed by atoms with Gasteiger partial charge in [-0.1, -0.05) is 27.7 Å². The SMILES string of the molecule is CC(C)C(NC(=O)C(NC(=O)C1CC(=O)N(c2ccc(F)cc2)C1)C(C)C)C(=O)O. The first-order valence-corrected chi connectivity index (χ1v) is 9.90. The summed E-state index contributed by atoms with van der Waals surface area (Å²) in [6.45, 7) is 6.94. The van der Waals surface area contributed by atoms with Crippen LogP contribution in [0.5, 0.6) is 0 Å². The molecule has 0 spiro atoms. The summed E-state index contributed by atoms with van der Waals surface area (Å²) in [4.78, 5) is 50.5. The molecular formula is C21H28FN3O5. The number of hydrogen-bond acceptors (Lipinski definition) is 4. The van der Waals surface area contributed by atoms with E-state index in [1.165, 1.54) is 29.2 Å². The zero-order valence-corrected chi connectivity index (χ0v) is 17.5. The number of aliphatic carboxylic acids is 1. The molecule has 3 unspecified atom stereocenters. The zero-order chi connectivity index (χ0) is 22.6. The molecule has 2 rings (SSSR count). The van der Waals surface area contributed by atoms with Crippen LogP contribution in [0.2, 0.25) is 0 Å². The number of anilines is 1. The van der Waals surface area contributed by atoms with Crippen LogP contribution >= 0.6 is 0 Å². The van der Waals surface area contributed by atoms with Crippen LogP contribution in [0.3, 0.4) is 0 Å². The van der Waals surface area contributed by atoms with E-state index in [1.807, 2.05) is 0 Å². The van der Waals surface area contributed by atoms with Gasteiger partial charge in [0, 0.05) is 18.7 Å². The minimum atomic E-state index is -1.15. The first kappa shape index (κ1) is 23.3. The number of carboxylic acids is 1. The topological polar surface area (TPSA) is 116 Å². The fourth-order valence-corrected chi connectivity index (χ4v) is 3.32. The summed E-state index contributed by atoms with van der Waals surface area (Å²) >= 11 is 0. The lowest BCUT2D eigenvalue weighted by Gasteiger charge is -2.26. The Balaban J connectivity index is 2.06. The molecule has 0 aromatic heterocycles. The molecule has 1 saturated heterocycles. The Bertz CT molecular complexity index is 809. The molecule has 0 aliphatic carbocycles. The summed E-state index contributed by atoms with van der Waals surface area (Å²) in [6.07, 6.45) is -0.0284. The van der Waals surface area contributed by atoms with Gasteiger partial charge in [-0.2, -0.15) is 0 Å². The van der Waals surface area contributed by atoms with Crippen LogP contribution in [0.25, 0.3) is 0 Å². The Labute approximate surface area is 174 Å². The number of carbonyl (C=O) groups is 4. The summed E-state index contributed by atoms with van der Waals surface area (Å²) in [5.41, 5.74) is 0.496. The van der Waals surface area contributed by atoms with Crippen molar-refractivity contribution in [1.29, 1.82) is 0 Å². The molecule has 1 aliphatic heterocycles. The van der Waals surface area contributed by atoms with Crippen molar-refractivity contribution in [3.8, 4) is 0 Å². The summed E-state index contributed by atoms with van der Waals surface area (Å²) in [5, 5.41) is 14.4. The third-order valence-corrected chi connectivity index (χ3v) is 5.11. The lowest BCUT2D eigenvalue weighted by molar-refractivity contribution is -0.143. The van der Waals surface area contributed by atoms with Gasteiger partial charge in [-0.15, -0.1) is 0 Å². The van der Waals surface area contributed by atoms with Crippen LogP contribution in [0.4, 0.5) is 10.1 Å². The van der Waals surface area contributed by atoms with E-state index < -0.39 is 41.6 Å². The standard InChI is InChI=1S/C21H28FN3O5/c1-11(2)17(20(28)24-18(12(3)4)21(29)30)23-19(27)13-9-16(26)25(10-13)15-7-5-14(22)6-8-15/h5-8,11-13,17-18H,9-10H2,1-4H3,(H,23,27)(H,24,28)(H,29,30). The molecule has 8 nitrogen and oxygen atoms in total. The highest BCUT2D eigenvalue weighted by atomic mass is 19.1. The molecule has 9 heteroatoms. The average Bonchev–Trinajstić information content (AvgIpc) is 3.05. The molecule has 0 bridgehead atoms. The van der Waals surface area contributed by atoms with Gasteiger partial charge in [-0.3, -0.25) is 14.4 Å². The molecule has 3 amide bonds. The Morgan fingerprint density at radius 1 is 1.03 bits per heavy atom. The van der Waals surface area contributed by atoms with Crippen molar-refractivity contribution < 1.29 is 28.7 Å². The molecule has 0 radical (unpaired) electrons. The van der Waals surface area contributed by atoms with Crippen molar-refractivity contribution in [1.82, 2.24) is 10.6 Å². The molecule has 1 fully saturated rings. The smallest absolute Gasteiger partial charge is 0.326 e. The average molecular weight is 421 g/mol. The van der Waals surface area contributed by atoms with Crippen molar-refractivity contribution in [2.75, 3.05) is 11.4 Å². The van der Waals surface area contributed by atoms with E-state index in [2.05, 4.69) is 10.6 Å². The summed E-state index contributed by atoms with van der Waals surface area (Å²) in [5.74, 6) is -4.17. The lowest BCUT2D eigenvalue weighted by atomic mass is 9.99.